The van der Waals surface area contributed by atoms with Crippen LogP contribution in [0.25, 0.3) is 0 Å². The molecule has 0 aliphatic carbocycles. The number of benzene rings is 2. The molecule has 2 rings (SSSR count). The van der Waals surface area contributed by atoms with Crippen LogP contribution in [0.4, 0.5) is 20.1 Å². The third kappa shape index (κ3) is 20.7. The quantitative estimate of drug-likeness (QED) is 0.0679. The summed E-state index contributed by atoms with van der Waals surface area (Å²) in [4.78, 5) is 81.6. The average Bonchev–Trinajstić information content (AvgIpc) is 3.03. The minimum absolute atomic E-state index is 0.0541. The standard InChI is InChI=1S/C42H61N5O14S/c1-38(2,3)57-31(48)24-30(33(50)58-39(4,5)6)46-62(54,55)47(37(53)61-42(13,14)15)25-26-16-22-29(23-17-26)56-32(49)27-18-20-28(21-19-27)43-34(44-35(51)59-40(7,8)9)45-36(52)60-41(10,11)12/h16-23,30,46H,24-25H2,1-15H3,(H2,43,44,45,51,52). The maximum atomic E-state index is 13.9. The van der Waals surface area contributed by atoms with Gasteiger partial charge >= 0.3 is 46.4 Å². The number of hydrogen-bond acceptors (Lipinski definition) is 15. The van der Waals surface area contributed by atoms with Gasteiger partial charge in [-0.15, -0.1) is 0 Å². The Labute approximate surface area is 363 Å². The molecule has 0 aromatic heterocycles. The number of alkyl carbamates (subject to hydrolysis) is 2. The molecule has 2 aromatic rings. The van der Waals surface area contributed by atoms with Crippen molar-refractivity contribution < 1.29 is 65.6 Å². The summed E-state index contributed by atoms with van der Waals surface area (Å²) in [6.45, 7) is 23.4. The zero-order valence-electron chi connectivity index (χ0n) is 38.1. The number of rotatable bonds is 11. The van der Waals surface area contributed by atoms with Crippen molar-refractivity contribution in [1.29, 1.82) is 0 Å². The molecule has 0 radical (unpaired) electrons. The van der Waals surface area contributed by atoms with Gasteiger partial charge in [0, 0.05) is 0 Å². The Morgan fingerprint density at radius 2 is 1.06 bits per heavy atom. The topological polar surface area (TPSA) is 244 Å². The third-order valence-electron chi connectivity index (χ3n) is 6.70. The summed E-state index contributed by atoms with van der Waals surface area (Å²) >= 11 is 0. The van der Waals surface area contributed by atoms with Gasteiger partial charge in [-0.2, -0.15) is 17.4 Å². The van der Waals surface area contributed by atoms with E-state index >= 15 is 0 Å². The minimum Gasteiger partial charge on any atom is -0.460 e. The molecule has 0 saturated carbocycles. The van der Waals surface area contributed by atoms with Crippen molar-refractivity contribution in [1.82, 2.24) is 19.7 Å². The highest BCUT2D eigenvalue weighted by Gasteiger charge is 2.38. The highest BCUT2D eigenvalue weighted by Crippen LogP contribution is 2.22. The van der Waals surface area contributed by atoms with Crippen LogP contribution >= 0.6 is 0 Å². The number of nitrogens with one attached hydrogen (secondary N) is 3. The van der Waals surface area contributed by atoms with Crippen molar-refractivity contribution in [2.75, 3.05) is 0 Å². The third-order valence-corrected chi connectivity index (χ3v) is 8.14. The lowest BCUT2D eigenvalue weighted by Gasteiger charge is -2.29. The second-order valence-electron chi connectivity index (χ2n) is 18.8. The van der Waals surface area contributed by atoms with Crippen molar-refractivity contribution in [3.05, 3.63) is 59.7 Å². The van der Waals surface area contributed by atoms with Crippen molar-refractivity contribution in [2.24, 2.45) is 4.99 Å². The van der Waals surface area contributed by atoms with E-state index in [0.29, 0.717) is 4.31 Å². The van der Waals surface area contributed by atoms with Crippen LogP contribution in [0.3, 0.4) is 0 Å². The Bertz CT molecular complexity index is 2040. The molecule has 0 saturated heterocycles. The zero-order chi connectivity index (χ0) is 47.6. The first-order valence-electron chi connectivity index (χ1n) is 19.5. The SMILES string of the molecule is CC(C)(C)OC(=O)CC(NS(=O)(=O)N(Cc1ccc(OC(=O)c2ccc(N=C(NC(=O)OC(C)(C)C)NC(=O)OC(C)(C)C)cc2)cc1)C(=O)OC(C)(C)C)C(=O)OC(C)(C)C. The number of ether oxygens (including phenoxy) is 6. The Kier molecular flexibility index (Phi) is 17.2. The summed E-state index contributed by atoms with van der Waals surface area (Å²) in [5.74, 6) is -3.02. The van der Waals surface area contributed by atoms with Gasteiger partial charge in [0.25, 0.3) is 0 Å². The van der Waals surface area contributed by atoms with Crippen LogP contribution in [0.2, 0.25) is 0 Å². The normalized spacial score (nSPS) is 12.8. The lowest BCUT2D eigenvalue weighted by molar-refractivity contribution is -0.164. The molecule has 19 nitrogen and oxygen atoms in total. The Morgan fingerprint density at radius 1 is 0.613 bits per heavy atom. The Hall–Kier alpha value is -5.76. The van der Waals surface area contributed by atoms with Gasteiger partial charge in [-0.3, -0.25) is 20.2 Å². The van der Waals surface area contributed by atoms with Crippen LogP contribution in [0.5, 0.6) is 5.75 Å². The van der Waals surface area contributed by atoms with Crippen LogP contribution in [-0.2, 0) is 50.0 Å². The van der Waals surface area contributed by atoms with Gasteiger partial charge in [0.2, 0.25) is 5.96 Å². The van der Waals surface area contributed by atoms with Gasteiger partial charge in [0.05, 0.1) is 24.2 Å². The molecule has 0 spiro atoms. The summed E-state index contributed by atoms with van der Waals surface area (Å²) < 4.78 is 62.3. The molecule has 3 N–H and O–H groups in total. The lowest BCUT2D eigenvalue weighted by Crippen LogP contribution is -2.52. The van der Waals surface area contributed by atoms with E-state index in [2.05, 4.69) is 20.3 Å². The van der Waals surface area contributed by atoms with Crippen molar-refractivity contribution in [3.8, 4) is 5.75 Å². The molecule has 1 unspecified atom stereocenters. The monoisotopic (exact) mass is 891 g/mol. The Balaban J connectivity index is 2.34. The minimum atomic E-state index is -4.93. The van der Waals surface area contributed by atoms with Gasteiger partial charge in [0.1, 0.15) is 39.8 Å². The average molecular weight is 892 g/mol. The number of carbonyl (C=O) groups is 6. The van der Waals surface area contributed by atoms with E-state index in [1.54, 1.807) is 83.1 Å². The number of carbonyl (C=O) groups excluding carboxylic acids is 6. The van der Waals surface area contributed by atoms with Gasteiger partial charge in [0.15, 0.2) is 0 Å². The molecule has 0 bridgehead atoms. The summed E-state index contributed by atoms with van der Waals surface area (Å²) in [7, 11) is -4.93. The van der Waals surface area contributed by atoms with E-state index in [1.807, 2.05) is 0 Å². The smallest absolute Gasteiger partial charge is 0.425 e. The summed E-state index contributed by atoms with van der Waals surface area (Å²) in [6.07, 6.45) is -3.82. The predicted molar refractivity (Wildman–Crippen MR) is 228 cm³/mol. The van der Waals surface area contributed by atoms with Crippen LogP contribution in [-0.4, -0.2) is 88.9 Å². The number of guanidine groups is 1. The molecule has 344 valence electrons. The second kappa shape index (κ2) is 20.4. The molecule has 62 heavy (non-hydrogen) atoms. The van der Waals surface area contributed by atoms with Crippen molar-refractivity contribution >= 4 is 58.0 Å². The van der Waals surface area contributed by atoms with E-state index in [9.17, 15) is 37.2 Å². The first-order chi connectivity index (χ1) is 28.0. The maximum Gasteiger partial charge on any atom is 0.425 e. The number of amides is 3. The van der Waals surface area contributed by atoms with Gasteiger partial charge in [-0.05, 0) is 146 Å². The number of hydrogen-bond donors (Lipinski definition) is 3. The molecule has 0 aliphatic rings. The van der Waals surface area contributed by atoms with Crippen molar-refractivity contribution in [2.45, 2.75) is 151 Å². The van der Waals surface area contributed by atoms with Gasteiger partial charge in [-0.1, -0.05) is 12.1 Å². The molecular formula is C42H61N5O14S. The number of esters is 3. The zero-order valence-corrected chi connectivity index (χ0v) is 38.9. The molecule has 2 aromatic carbocycles. The van der Waals surface area contributed by atoms with Crippen LogP contribution in [0, 0.1) is 0 Å². The van der Waals surface area contributed by atoms with Crippen LogP contribution in [0.15, 0.2) is 53.5 Å². The van der Waals surface area contributed by atoms with E-state index in [-0.39, 0.29) is 28.5 Å². The maximum absolute atomic E-state index is 13.9. The first-order valence-corrected chi connectivity index (χ1v) is 20.9. The highest BCUT2D eigenvalue weighted by atomic mass is 32.2. The van der Waals surface area contributed by atoms with Crippen LogP contribution < -0.4 is 20.1 Å². The number of nitrogens with zero attached hydrogens (tertiary/aromatic N) is 2. The predicted octanol–water partition coefficient (Wildman–Crippen LogP) is 6.96. The second-order valence-corrected chi connectivity index (χ2v) is 20.4. The van der Waals surface area contributed by atoms with Gasteiger partial charge in [-0.25, -0.2) is 24.2 Å². The van der Waals surface area contributed by atoms with Gasteiger partial charge < -0.3 is 28.4 Å². The molecule has 0 aliphatic heterocycles. The molecule has 1 atom stereocenters. The fourth-order valence-corrected chi connectivity index (χ4v) is 5.80. The highest BCUT2D eigenvalue weighted by molar-refractivity contribution is 7.87. The van der Waals surface area contributed by atoms with E-state index < -0.39 is 93.4 Å². The fraction of sp³-hybridized carbons (Fsp3) is 0.548. The largest absolute Gasteiger partial charge is 0.460 e. The van der Waals surface area contributed by atoms with Crippen molar-refractivity contribution in [3.63, 3.8) is 0 Å². The summed E-state index contributed by atoms with van der Waals surface area (Å²) in [6, 6.07) is 9.36. The lowest BCUT2D eigenvalue weighted by atomic mass is 10.1. The van der Waals surface area contributed by atoms with E-state index in [4.69, 9.17) is 28.4 Å². The molecule has 0 heterocycles. The Morgan fingerprint density at radius 3 is 1.50 bits per heavy atom. The van der Waals surface area contributed by atoms with E-state index in [1.165, 1.54) is 69.3 Å². The number of aliphatic imine (C=N–C) groups is 1. The van der Waals surface area contributed by atoms with Crippen LogP contribution in [0.1, 0.15) is 126 Å². The first kappa shape index (κ1) is 52.4. The molecule has 0 fully saturated rings. The molecule has 20 heteroatoms. The summed E-state index contributed by atoms with van der Waals surface area (Å²) in [5.41, 5.74) is -4.29. The molecular weight excluding hydrogens is 831 g/mol. The summed E-state index contributed by atoms with van der Waals surface area (Å²) in [5, 5.41) is 4.73. The molecule has 3 amide bonds. The fourth-order valence-electron chi connectivity index (χ4n) is 4.58. The van der Waals surface area contributed by atoms with E-state index in [0.717, 1.165) is 0 Å².